The molecule has 5 aromatic carbocycles. The maximum absolute atomic E-state index is 5.26. The Kier molecular flexibility index (Phi) is 5.54. The summed E-state index contributed by atoms with van der Waals surface area (Å²) in [5, 5.41) is 4.81. The number of fused-ring (bicyclic) bond motifs is 6. The minimum Gasteiger partial charge on any atom is -0.308 e. The van der Waals surface area contributed by atoms with Crippen LogP contribution in [0.5, 0.6) is 0 Å². The smallest absolute Gasteiger partial charge is 0.238 e. The lowest BCUT2D eigenvalue weighted by molar-refractivity contribution is 0.540. The van der Waals surface area contributed by atoms with Crippen LogP contribution < -0.4 is 0 Å². The highest BCUT2D eigenvalue weighted by Gasteiger charge is 2.25. The predicted molar refractivity (Wildman–Crippen MR) is 177 cm³/mol. The Morgan fingerprint density at radius 1 is 0.488 bits per heavy atom. The molecule has 3 heterocycles. The first-order chi connectivity index (χ1) is 20.9. The van der Waals surface area contributed by atoms with E-state index >= 15 is 0 Å². The zero-order valence-electron chi connectivity index (χ0n) is 24.7. The largest absolute Gasteiger partial charge is 0.308 e. The highest BCUT2D eigenvalue weighted by Crippen LogP contribution is 2.38. The molecule has 8 rings (SSSR count). The molecular formula is C38H31N5. The van der Waals surface area contributed by atoms with Crippen molar-refractivity contribution >= 4 is 43.6 Å². The third-order valence-corrected chi connectivity index (χ3v) is 8.36. The Morgan fingerprint density at radius 3 is 1.44 bits per heavy atom. The summed E-state index contributed by atoms with van der Waals surface area (Å²) >= 11 is 0. The third kappa shape index (κ3) is 3.88. The number of aryl methyl sites for hydroxylation is 1. The zero-order valence-corrected chi connectivity index (χ0v) is 24.7. The first-order valence-corrected chi connectivity index (χ1v) is 14.7. The minimum absolute atomic E-state index is 0.290. The van der Waals surface area contributed by atoms with Gasteiger partial charge in [-0.3, -0.25) is 4.57 Å². The second-order valence-electron chi connectivity index (χ2n) is 12.2. The summed E-state index contributed by atoms with van der Waals surface area (Å²) in [4.78, 5) is 15.5. The quantitative estimate of drug-likeness (QED) is 0.217. The van der Waals surface area contributed by atoms with Gasteiger partial charge in [0, 0.05) is 32.5 Å². The van der Waals surface area contributed by atoms with Gasteiger partial charge in [0.1, 0.15) is 5.82 Å². The normalized spacial score (nSPS) is 12.2. The van der Waals surface area contributed by atoms with Gasteiger partial charge in [0.15, 0.2) is 5.82 Å². The van der Waals surface area contributed by atoms with Crippen molar-refractivity contribution in [2.24, 2.45) is 0 Å². The van der Waals surface area contributed by atoms with Gasteiger partial charge in [-0.05, 0) is 42.8 Å². The lowest BCUT2D eigenvalue weighted by Gasteiger charge is -2.20. The second-order valence-corrected chi connectivity index (χ2v) is 12.2. The molecule has 0 saturated carbocycles. The van der Waals surface area contributed by atoms with Gasteiger partial charge in [-0.2, -0.15) is 9.97 Å². The van der Waals surface area contributed by atoms with Crippen molar-refractivity contribution < 1.29 is 0 Å². The van der Waals surface area contributed by atoms with Crippen LogP contribution in [0, 0.1) is 6.92 Å². The van der Waals surface area contributed by atoms with Crippen LogP contribution in [0.15, 0.2) is 115 Å². The van der Waals surface area contributed by atoms with E-state index in [0.717, 1.165) is 44.7 Å². The number of hydrogen-bond donors (Lipinski definition) is 0. The van der Waals surface area contributed by atoms with Crippen molar-refractivity contribution in [3.63, 3.8) is 0 Å². The molecule has 0 N–H and O–H groups in total. The number of para-hydroxylation sites is 5. The average molecular weight is 558 g/mol. The molecule has 5 nitrogen and oxygen atoms in total. The SMILES string of the molecule is Cc1cccc(-c2nc(-n3c4ccccc4c4ccccc43)nc(C(C)(C)C)n2)c1-n1c2ccccc2c2ccccc21. The van der Waals surface area contributed by atoms with Crippen molar-refractivity contribution in [1.82, 2.24) is 24.1 Å². The monoisotopic (exact) mass is 557 g/mol. The van der Waals surface area contributed by atoms with Crippen molar-refractivity contribution in [3.05, 3.63) is 127 Å². The first kappa shape index (κ1) is 25.4. The van der Waals surface area contributed by atoms with Gasteiger partial charge in [-0.1, -0.05) is 106 Å². The maximum Gasteiger partial charge on any atom is 0.238 e. The average Bonchev–Trinajstić information content (AvgIpc) is 3.53. The van der Waals surface area contributed by atoms with E-state index < -0.39 is 0 Å². The van der Waals surface area contributed by atoms with Crippen molar-refractivity contribution in [3.8, 4) is 23.0 Å². The fourth-order valence-corrected chi connectivity index (χ4v) is 6.36. The first-order valence-electron chi connectivity index (χ1n) is 14.7. The van der Waals surface area contributed by atoms with Crippen LogP contribution in [0.2, 0.25) is 0 Å². The highest BCUT2D eigenvalue weighted by atomic mass is 15.2. The Morgan fingerprint density at radius 2 is 0.953 bits per heavy atom. The van der Waals surface area contributed by atoms with Gasteiger partial charge in [0.25, 0.3) is 0 Å². The third-order valence-electron chi connectivity index (χ3n) is 8.36. The summed E-state index contributed by atoms with van der Waals surface area (Å²) in [6.45, 7) is 8.64. The molecule has 0 spiro atoms. The highest BCUT2D eigenvalue weighted by molar-refractivity contribution is 6.10. The van der Waals surface area contributed by atoms with E-state index in [1.165, 1.54) is 21.5 Å². The van der Waals surface area contributed by atoms with E-state index in [1.54, 1.807) is 0 Å². The van der Waals surface area contributed by atoms with Crippen molar-refractivity contribution in [2.75, 3.05) is 0 Å². The van der Waals surface area contributed by atoms with E-state index in [4.69, 9.17) is 15.0 Å². The van der Waals surface area contributed by atoms with Gasteiger partial charge >= 0.3 is 0 Å². The Balaban J connectivity index is 1.47. The molecule has 0 radical (unpaired) electrons. The molecule has 208 valence electrons. The Bertz CT molecular complexity index is 2240. The van der Waals surface area contributed by atoms with Gasteiger partial charge in [-0.15, -0.1) is 0 Å². The molecule has 0 unspecified atom stereocenters. The molecule has 0 saturated heterocycles. The molecule has 0 aliphatic heterocycles. The summed E-state index contributed by atoms with van der Waals surface area (Å²) in [5.41, 5.74) is 7.39. The van der Waals surface area contributed by atoms with E-state index in [-0.39, 0.29) is 5.41 Å². The molecule has 0 bridgehead atoms. The van der Waals surface area contributed by atoms with Crippen molar-refractivity contribution in [2.45, 2.75) is 33.1 Å². The Labute approximate surface area is 250 Å². The molecule has 0 atom stereocenters. The van der Waals surface area contributed by atoms with E-state index in [2.05, 4.69) is 152 Å². The Hall–Kier alpha value is -5.29. The summed E-state index contributed by atoms with van der Waals surface area (Å²) in [6, 6.07) is 40.6. The molecule has 0 amide bonds. The molecule has 5 heteroatoms. The second kappa shape index (κ2) is 9.36. The van der Waals surface area contributed by atoms with Crippen LogP contribution in [-0.2, 0) is 5.41 Å². The molecule has 3 aromatic heterocycles. The molecule has 43 heavy (non-hydrogen) atoms. The van der Waals surface area contributed by atoms with Gasteiger partial charge < -0.3 is 4.57 Å². The van der Waals surface area contributed by atoms with Gasteiger partial charge in [-0.25, -0.2) is 4.98 Å². The fraction of sp³-hybridized carbons (Fsp3) is 0.132. The number of hydrogen-bond acceptors (Lipinski definition) is 3. The summed E-state index contributed by atoms with van der Waals surface area (Å²) in [5.74, 6) is 2.04. The van der Waals surface area contributed by atoms with E-state index in [0.29, 0.717) is 11.8 Å². The lowest BCUT2D eigenvalue weighted by atomic mass is 9.95. The van der Waals surface area contributed by atoms with Crippen molar-refractivity contribution in [1.29, 1.82) is 0 Å². The number of aromatic nitrogens is 5. The van der Waals surface area contributed by atoms with Gasteiger partial charge in [0.2, 0.25) is 5.95 Å². The topological polar surface area (TPSA) is 48.5 Å². The maximum atomic E-state index is 5.26. The van der Waals surface area contributed by atoms with Crippen LogP contribution in [0.3, 0.4) is 0 Å². The fourth-order valence-electron chi connectivity index (χ4n) is 6.36. The number of benzene rings is 5. The van der Waals surface area contributed by atoms with Crippen LogP contribution in [0.4, 0.5) is 0 Å². The minimum atomic E-state index is -0.290. The van der Waals surface area contributed by atoms with Crippen LogP contribution in [-0.4, -0.2) is 24.1 Å². The van der Waals surface area contributed by atoms with Crippen LogP contribution >= 0.6 is 0 Å². The molecular weight excluding hydrogens is 526 g/mol. The predicted octanol–water partition coefficient (Wildman–Crippen LogP) is 9.34. The number of nitrogens with zero attached hydrogens (tertiary/aromatic N) is 5. The molecule has 0 fully saturated rings. The van der Waals surface area contributed by atoms with Crippen LogP contribution in [0.25, 0.3) is 66.6 Å². The van der Waals surface area contributed by atoms with Gasteiger partial charge in [0.05, 0.1) is 27.8 Å². The standard InChI is InChI=1S/C38H31N5/c1-24-14-13-19-29(34(24)42-30-20-9-5-15-25(30)26-16-6-10-21-31(26)42)35-39-36(38(2,3)4)41-37(40-35)43-32-22-11-7-17-27(32)28-18-8-12-23-33(28)43/h5-23H,1-4H3. The van der Waals surface area contributed by atoms with Crippen LogP contribution in [0.1, 0.15) is 32.2 Å². The lowest BCUT2D eigenvalue weighted by Crippen LogP contribution is -2.19. The van der Waals surface area contributed by atoms with E-state index in [1.807, 2.05) is 0 Å². The van der Waals surface area contributed by atoms with E-state index in [9.17, 15) is 0 Å². The molecule has 8 aromatic rings. The molecule has 0 aliphatic carbocycles. The number of rotatable bonds is 3. The summed E-state index contributed by atoms with van der Waals surface area (Å²) in [6.07, 6.45) is 0. The summed E-state index contributed by atoms with van der Waals surface area (Å²) < 4.78 is 4.55. The molecule has 0 aliphatic rings. The summed E-state index contributed by atoms with van der Waals surface area (Å²) in [7, 11) is 0. The zero-order chi connectivity index (χ0) is 29.3.